The van der Waals surface area contributed by atoms with Gasteiger partial charge in [0, 0.05) is 11.3 Å². The molecule has 4 nitrogen and oxygen atoms in total. The van der Waals surface area contributed by atoms with E-state index in [2.05, 4.69) is 0 Å². The molecule has 0 saturated carbocycles. The van der Waals surface area contributed by atoms with Gasteiger partial charge in [-0.25, -0.2) is 8.42 Å². The van der Waals surface area contributed by atoms with E-state index in [1.54, 1.807) is 30.3 Å². The highest BCUT2D eigenvalue weighted by molar-refractivity contribution is 7.90. The summed E-state index contributed by atoms with van der Waals surface area (Å²) in [5.41, 5.74) is 8.83. The molecule has 0 aliphatic carbocycles. The van der Waals surface area contributed by atoms with E-state index in [1.807, 2.05) is 19.9 Å². The van der Waals surface area contributed by atoms with Gasteiger partial charge >= 0.3 is 0 Å². The van der Waals surface area contributed by atoms with Gasteiger partial charge < -0.3 is 10.5 Å². The van der Waals surface area contributed by atoms with E-state index < -0.39 is 9.84 Å². The number of rotatable bonds is 4. The average molecular weight is 305 g/mol. The number of sulfone groups is 1. The number of ether oxygens (including phenoxy) is 1. The van der Waals surface area contributed by atoms with E-state index in [1.165, 1.54) is 7.11 Å². The minimum atomic E-state index is -3.44. The van der Waals surface area contributed by atoms with Crippen molar-refractivity contribution in [1.82, 2.24) is 0 Å². The average Bonchev–Trinajstić information content (AvgIpc) is 2.41. The maximum absolute atomic E-state index is 12.5. The van der Waals surface area contributed by atoms with Gasteiger partial charge in [0.1, 0.15) is 5.75 Å². The van der Waals surface area contributed by atoms with Crippen LogP contribution in [-0.4, -0.2) is 15.5 Å². The lowest BCUT2D eigenvalue weighted by molar-refractivity contribution is 0.411. The third kappa shape index (κ3) is 3.36. The lowest BCUT2D eigenvalue weighted by atomic mass is 10.1. The predicted molar refractivity (Wildman–Crippen MR) is 84.2 cm³/mol. The number of methoxy groups -OCH3 is 1. The smallest absolute Gasteiger partial charge is 0.182 e. The molecule has 0 aliphatic rings. The second kappa shape index (κ2) is 5.77. The van der Waals surface area contributed by atoms with Crippen LogP contribution in [0.25, 0.3) is 0 Å². The maximum Gasteiger partial charge on any atom is 0.182 e. The molecule has 0 aliphatic heterocycles. The number of hydrogen-bond acceptors (Lipinski definition) is 4. The standard InChI is InChI=1S/C16H19NO3S/c1-11-4-6-15(8-12(11)2)21(18,19)10-13-9-14(17)5-7-16(13)20-3/h4-9H,10,17H2,1-3H3. The molecule has 0 aromatic heterocycles. The number of hydrogen-bond donors (Lipinski definition) is 1. The first-order valence-corrected chi connectivity index (χ1v) is 8.21. The SMILES string of the molecule is COc1ccc(N)cc1CS(=O)(=O)c1ccc(C)c(C)c1. The van der Waals surface area contributed by atoms with Crippen LogP contribution >= 0.6 is 0 Å². The molecular formula is C16H19NO3S. The third-order valence-electron chi connectivity index (χ3n) is 3.49. The van der Waals surface area contributed by atoms with Crippen LogP contribution in [0.5, 0.6) is 5.75 Å². The van der Waals surface area contributed by atoms with Gasteiger partial charge in [-0.1, -0.05) is 6.07 Å². The molecule has 2 aromatic rings. The molecule has 2 N–H and O–H groups in total. The second-order valence-electron chi connectivity index (χ2n) is 5.08. The monoisotopic (exact) mass is 305 g/mol. The second-order valence-corrected chi connectivity index (χ2v) is 7.07. The van der Waals surface area contributed by atoms with Gasteiger partial charge in [0.25, 0.3) is 0 Å². The number of benzene rings is 2. The van der Waals surface area contributed by atoms with Crippen molar-refractivity contribution in [2.24, 2.45) is 0 Å². The molecule has 2 rings (SSSR count). The number of nitrogen functional groups attached to an aromatic ring is 1. The fourth-order valence-corrected chi connectivity index (χ4v) is 3.54. The van der Waals surface area contributed by atoms with E-state index in [0.717, 1.165) is 11.1 Å². The number of nitrogens with two attached hydrogens (primary N) is 1. The highest BCUT2D eigenvalue weighted by Crippen LogP contribution is 2.26. The Morgan fingerprint density at radius 3 is 2.38 bits per heavy atom. The summed E-state index contributed by atoms with van der Waals surface area (Å²) in [6.07, 6.45) is 0. The summed E-state index contributed by atoms with van der Waals surface area (Å²) >= 11 is 0. The van der Waals surface area contributed by atoms with Crippen molar-refractivity contribution in [2.75, 3.05) is 12.8 Å². The predicted octanol–water partition coefficient (Wildman–Crippen LogP) is 2.87. The first kappa shape index (κ1) is 15.4. The third-order valence-corrected chi connectivity index (χ3v) is 5.15. The molecule has 0 bridgehead atoms. The highest BCUT2D eigenvalue weighted by atomic mass is 32.2. The lowest BCUT2D eigenvalue weighted by Crippen LogP contribution is -2.07. The van der Waals surface area contributed by atoms with E-state index in [0.29, 0.717) is 21.9 Å². The van der Waals surface area contributed by atoms with E-state index >= 15 is 0 Å². The van der Waals surface area contributed by atoms with Crippen LogP contribution in [-0.2, 0) is 15.6 Å². The molecule has 21 heavy (non-hydrogen) atoms. The van der Waals surface area contributed by atoms with E-state index in [-0.39, 0.29) is 5.75 Å². The Hall–Kier alpha value is -2.01. The number of anilines is 1. The zero-order valence-corrected chi connectivity index (χ0v) is 13.2. The van der Waals surface area contributed by atoms with Gasteiger partial charge in [-0.3, -0.25) is 0 Å². The summed E-state index contributed by atoms with van der Waals surface area (Å²) in [5, 5.41) is 0. The van der Waals surface area contributed by atoms with Crippen molar-refractivity contribution in [3.8, 4) is 5.75 Å². The first-order chi connectivity index (χ1) is 9.83. The Labute approximate surface area is 125 Å². The molecule has 0 heterocycles. The van der Waals surface area contributed by atoms with Crippen molar-refractivity contribution < 1.29 is 13.2 Å². The van der Waals surface area contributed by atoms with E-state index in [4.69, 9.17) is 10.5 Å². The number of aryl methyl sites for hydroxylation is 2. The van der Waals surface area contributed by atoms with Crippen LogP contribution < -0.4 is 10.5 Å². The normalized spacial score (nSPS) is 11.4. The molecule has 0 atom stereocenters. The molecule has 0 radical (unpaired) electrons. The van der Waals surface area contributed by atoms with Gasteiger partial charge in [0.15, 0.2) is 9.84 Å². The molecule has 0 amide bonds. The zero-order chi connectivity index (χ0) is 15.6. The quantitative estimate of drug-likeness (QED) is 0.882. The molecular weight excluding hydrogens is 286 g/mol. The summed E-state index contributed by atoms with van der Waals surface area (Å²) in [6.45, 7) is 3.85. The Bertz CT molecular complexity index is 767. The Morgan fingerprint density at radius 2 is 1.76 bits per heavy atom. The minimum absolute atomic E-state index is 0.135. The summed E-state index contributed by atoms with van der Waals surface area (Å²) < 4.78 is 30.3. The Kier molecular flexibility index (Phi) is 4.23. The summed E-state index contributed by atoms with van der Waals surface area (Å²) in [7, 11) is -1.93. The van der Waals surface area contributed by atoms with Gasteiger partial charge in [0.05, 0.1) is 17.8 Å². The van der Waals surface area contributed by atoms with Crippen molar-refractivity contribution in [2.45, 2.75) is 24.5 Å². The van der Waals surface area contributed by atoms with Gasteiger partial charge in [-0.2, -0.15) is 0 Å². The molecule has 5 heteroatoms. The topological polar surface area (TPSA) is 69.4 Å². The summed E-state index contributed by atoms with van der Waals surface area (Å²) in [5.74, 6) is 0.389. The van der Waals surface area contributed by atoms with Gasteiger partial charge in [0.2, 0.25) is 0 Å². The van der Waals surface area contributed by atoms with Crippen LogP contribution in [0.4, 0.5) is 5.69 Å². The van der Waals surface area contributed by atoms with Crippen molar-refractivity contribution >= 4 is 15.5 Å². The Balaban J connectivity index is 2.41. The van der Waals surface area contributed by atoms with Crippen molar-refractivity contribution in [3.05, 3.63) is 53.1 Å². The van der Waals surface area contributed by atoms with Crippen LogP contribution in [0.1, 0.15) is 16.7 Å². The van der Waals surface area contributed by atoms with Crippen LogP contribution in [0.3, 0.4) is 0 Å². The zero-order valence-electron chi connectivity index (χ0n) is 12.4. The molecule has 0 spiro atoms. The van der Waals surface area contributed by atoms with Crippen molar-refractivity contribution in [3.63, 3.8) is 0 Å². The van der Waals surface area contributed by atoms with Crippen molar-refractivity contribution in [1.29, 1.82) is 0 Å². The maximum atomic E-state index is 12.5. The molecule has 0 saturated heterocycles. The molecule has 2 aromatic carbocycles. The summed E-state index contributed by atoms with van der Waals surface area (Å²) in [4.78, 5) is 0.315. The fourth-order valence-electron chi connectivity index (χ4n) is 2.11. The largest absolute Gasteiger partial charge is 0.496 e. The van der Waals surface area contributed by atoms with Gasteiger partial charge in [-0.15, -0.1) is 0 Å². The first-order valence-electron chi connectivity index (χ1n) is 6.56. The summed E-state index contributed by atoms with van der Waals surface area (Å²) in [6, 6.07) is 10.2. The molecule has 112 valence electrons. The van der Waals surface area contributed by atoms with E-state index in [9.17, 15) is 8.42 Å². The molecule has 0 fully saturated rings. The highest BCUT2D eigenvalue weighted by Gasteiger charge is 2.18. The van der Waals surface area contributed by atoms with Crippen LogP contribution in [0.15, 0.2) is 41.3 Å². The Morgan fingerprint density at radius 1 is 1.05 bits per heavy atom. The lowest BCUT2D eigenvalue weighted by Gasteiger charge is -2.11. The van der Waals surface area contributed by atoms with Crippen LogP contribution in [0.2, 0.25) is 0 Å². The fraction of sp³-hybridized carbons (Fsp3) is 0.250. The molecule has 0 unspecified atom stereocenters. The van der Waals surface area contributed by atoms with Gasteiger partial charge in [-0.05, 0) is 55.3 Å². The minimum Gasteiger partial charge on any atom is -0.496 e. The van der Waals surface area contributed by atoms with Crippen LogP contribution in [0, 0.1) is 13.8 Å².